The van der Waals surface area contributed by atoms with Crippen molar-refractivity contribution in [1.29, 1.82) is 0 Å². The smallest absolute Gasteiger partial charge is 0.316 e. The highest BCUT2D eigenvalue weighted by atomic mass is 19.1. The van der Waals surface area contributed by atoms with E-state index in [0.29, 0.717) is 22.2 Å². The largest absolute Gasteiger partial charge is 0.468 e. The third-order valence-electron chi connectivity index (χ3n) is 4.83. The Morgan fingerprint density at radius 1 is 1.07 bits per heavy atom. The SMILES string of the molecule is COC(=O)C1(c2ccc3oc(Nc4nc5cc(F)ccc5o4)nc3c2)CC1. The van der Waals surface area contributed by atoms with Gasteiger partial charge in [0, 0.05) is 6.07 Å². The number of oxazole rings is 2. The van der Waals surface area contributed by atoms with E-state index in [0.717, 1.165) is 18.4 Å². The zero-order valence-electron chi connectivity index (χ0n) is 14.3. The van der Waals surface area contributed by atoms with E-state index < -0.39 is 11.2 Å². The fourth-order valence-electron chi connectivity index (χ4n) is 3.26. The van der Waals surface area contributed by atoms with Crippen molar-refractivity contribution in [1.82, 2.24) is 9.97 Å². The molecule has 2 heterocycles. The minimum atomic E-state index is -0.570. The molecule has 1 fully saturated rings. The third-order valence-corrected chi connectivity index (χ3v) is 4.83. The van der Waals surface area contributed by atoms with Gasteiger partial charge < -0.3 is 13.6 Å². The second-order valence-electron chi connectivity index (χ2n) is 6.53. The first-order valence-corrected chi connectivity index (χ1v) is 8.40. The van der Waals surface area contributed by atoms with Gasteiger partial charge in [0.05, 0.1) is 12.5 Å². The summed E-state index contributed by atoms with van der Waals surface area (Å²) in [6, 6.07) is 9.87. The maximum atomic E-state index is 13.3. The van der Waals surface area contributed by atoms with E-state index in [1.165, 1.54) is 25.3 Å². The molecule has 1 aliphatic rings. The number of ether oxygens (including phenoxy) is 1. The fraction of sp³-hybridized carbons (Fsp3) is 0.211. The number of rotatable bonds is 4. The summed E-state index contributed by atoms with van der Waals surface area (Å²) in [6.45, 7) is 0. The maximum Gasteiger partial charge on any atom is 0.316 e. The van der Waals surface area contributed by atoms with E-state index >= 15 is 0 Å². The lowest BCUT2D eigenvalue weighted by molar-refractivity contribution is -0.143. The molecule has 0 saturated heterocycles. The molecule has 0 aliphatic heterocycles. The average molecular weight is 367 g/mol. The summed E-state index contributed by atoms with van der Waals surface area (Å²) in [5.74, 6) is -0.626. The molecule has 27 heavy (non-hydrogen) atoms. The molecular formula is C19H14FN3O4. The number of nitrogens with zero attached hydrogens (tertiary/aromatic N) is 2. The van der Waals surface area contributed by atoms with Gasteiger partial charge in [-0.1, -0.05) is 6.07 Å². The van der Waals surface area contributed by atoms with Crippen molar-refractivity contribution in [2.45, 2.75) is 18.3 Å². The second kappa shape index (κ2) is 5.54. The molecule has 5 rings (SSSR count). The molecule has 2 aromatic carbocycles. The Morgan fingerprint density at radius 3 is 2.33 bits per heavy atom. The van der Waals surface area contributed by atoms with Crippen LogP contribution in [0.1, 0.15) is 18.4 Å². The van der Waals surface area contributed by atoms with Crippen LogP contribution in [-0.4, -0.2) is 23.0 Å². The quantitative estimate of drug-likeness (QED) is 0.544. The van der Waals surface area contributed by atoms with E-state index in [1.807, 2.05) is 12.1 Å². The van der Waals surface area contributed by atoms with E-state index in [4.69, 9.17) is 13.6 Å². The molecule has 1 saturated carbocycles. The normalized spacial score (nSPS) is 15.2. The van der Waals surface area contributed by atoms with Crippen LogP contribution in [0.15, 0.2) is 45.2 Å². The van der Waals surface area contributed by atoms with E-state index in [9.17, 15) is 9.18 Å². The van der Waals surface area contributed by atoms with Crippen LogP contribution in [0.5, 0.6) is 0 Å². The lowest BCUT2D eigenvalue weighted by atomic mass is 9.96. The summed E-state index contributed by atoms with van der Waals surface area (Å²) in [7, 11) is 1.39. The summed E-state index contributed by atoms with van der Waals surface area (Å²) >= 11 is 0. The number of hydrogen-bond acceptors (Lipinski definition) is 7. The summed E-state index contributed by atoms with van der Waals surface area (Å²) in [5.41, 5.74) is 2.30. The molecule has 0 radical (unpaired) electrons. The zero-order chi connectivity index (χ0) is 18.6. The molecule has 4 aromatic rings. The number of halogens is 1. The molecule has 0 amide bonds. The van der Waals surface area contributed by atoms with Gasteiger partial charge in [-0.15, -0.1) is 0 Å². The number of methoxy groups -OCH3 is 1. The first-order valence-electron chi connectivity index (χ1n) is 8.40. The first-order chi connectivity index (χ1) is 13.1. The number of fused-ring (bicyclic) bond motifs is 2. The van der Waals surface area contributed by atoms with Gasteiger partial charge in [0.1, 0.15) is 16.9 Å². The van der Waals surface area contributed by atoms with Crippen molar-refractivity contribution in [3.63, 3.8) is 0 Å². The minimum absolute atomic E-state index is 0.149. The van der Waals surface area contributed by atoms with Crippen molar-refractivity contribution in [2.75, 3.05) is 12.4 Å². The number of carbonyl (C=O) groups is 1. The number of hydrogen-bond donors (Lipinski definition) is 1. The van der Waals surface area contributed by atoms with Crippen LogP contribution in [0.3, 0.4) is 0 Å². The predicted molar refractivity (Wildman–Crippen MR) is 94.2 cm³/mol. The van der Waals surface area contributed by atoms with Crippen LogP contribution in [0.2, 0.25) is 0 Å². The molecule has 136 valence electrons. The van der Waals surface area contributed by atoms with Gasteiger partial charge in [-0.3, -0.25) is 10.1 Å². The Balaban J connectivity index is 1.46. The highest BCUT2D eigenvalue weighted by molar-refractivity contribution is 5.88. The Labute approximate surface area is 152 Å². The Morgan fingerprint density at radius 2 is 1.70 bits per heavy atom. The van der Waals surface area contributed by atoms with Crippen molar-refractivity contribution in [2.24, 2.45) is 0 Å². The minimum Gasteiger partial charge on any atom is -0.468 e. The summed E-state index contributed by atoms with van der Waals surface area (Å²) in [5, 5.41) is 2.84. The monoisotopic (exact) mass is 367 g/mol. The average Bonchev–Trinajstić information content (AvgIpc) is 3.23. The molecule has 0 unspecified atom stereocenters. The highest BCUT2D eigenvalue weighted by Crippen LogP contribution is 2.49. The molecule has 1 aliphatic carbocycles. The number of anilines is 2. The van der Waals surface area contributed by atoms with Gasteiger partial charge in [-0.25, -0.2) is 4.39 Å². The molecule has 0 bridgehead atoms. The number of nitrogens with one attached hydrogen (secondary N) is 1. The molecular weight excluding hydrogens is 353 g/mol. The molecule has 8 heteroatoms. The third kappa shape index (κ3) is 2.52. The standard InChI is InChI=1S/C19H14FN3O4/c1-25-16(24)19(6-7-19)10-2-4-14-12(8-10)21-17(26-14)23-18-22-13-9-11(20)3-5-15(13)27-18/h2-5,8-9H,6-7H2,1H3,(H,21,22,23). The van der Waals surface area contributed by atoms with Crippen molar-refractivity contribution >= 4 is 40.2 Å². The van der Waals surface area contributed by atoms with Crippen molar-refractivity contribution < 1.29 is 22.8 Å². The van der Waals surface area contributed by atoms with E-state index in [2.05, 4.69) is 15.3 Å². The van der Waals surface area contributed by atoms with E-state index in [1.54, 1.807) is 6.07 Å². The molecule has 0 spiro atoms. The van der Waals surface area contributed by atoms with Crippen LogP contribution in [0.4, 0.5) is 16.4 Å². The van der Waals surface area contributed by atoms with Gasteiger partial charge in [0.2, 0.25) is 0 Å². The summed E-state index contributed by atoms with van der Waals surface area (Å²) < 4.78 is 29.4. The zero-order valence-corrected chi connectivity index (χ0v) is 14.3. The van der Waals surface area contributed by atoms with Crippen molar-refractivity contribution in [3.05, 3.63) is 47.8 Å². The number of benzene rings is 2. The van der Waals surface area contributed by atoms with Gasteiger partial charge in [-0.05, 0) is 42.7 Å². The van der Waals surface area contributed by atoms with Crippen LogP contribution >= 0.6 is 0 Å². The Kier molecular flexibility index (Phi) is 3.24. The summed E-state index contributed by atoms with van der Waals surface area (Å²) in [4.78, 5) is 20.6. The van der Waals surface area contributed by atoms with Crippen LogP contribution in [0, 0.1) is 5.82 Å². The lowest BCUT2D eigenvalue weighted by Gasteiger charge is -2.12. The number of carbonyl (C=O) groups excluding carboxylic acids is 1. The predicted octanol–water partition coefficient (Wildman–Crippen LogP) is 4.06. The molecule has 2 aromatic heterocycles. The summed E-state index contributed by atoms with van der Waals surface area (Å²) in [6.07, 6.45) is 1.52. The lowest BCUT2D eigenvalue weighted by Crippen LogP contribution is -2.21. The van der Waals surface area contributed by atoms with Crippen LogP contribution in [-0.2, 0) is 14.9 Å². The highest BCUT2D eigenvalue weighted by Gasteiger charge is 2.52. The topological polar surface area (TPSA) is 90.4 Å². The van der Waals surface area contributed by atoms with Crippen LogP contribution < -0.4 is 5.32 Å². The molecule has 1 N–H and O–H groups in total. The van der Waals surface area contributed by atoms with Gasteiger partial charge >= 0.3 is 18.0 Å². The number of aromatic nitrogens is 2. The molecule has 7 nitrogen and oxygen atoms in total. The second-order valence-corrected chi connectivity index (χ2v) is 6.53. The van der Waals surface area contributed by atoms with E-state index in [-0.39, 0.29) is 18.0 Å². The van der Waals surface area contributed by atoms with Crippen LogP contribution in [0.25, 0.3) is 22.2 Å². The molecule has 0 atom stereocenters. The Bertz CT molecular complexity index is 1190. The Hall–Kier alpha value is -3.42. The van der Waals surface area contributed by atoms with Crippen molar-refractivity contribution in [3.8, 4) is 0 Å². The maximum absolute atomic E-state index is 13.3. The first kappa shape index (κ1) is 15.8. The van der Waals surface area contributed by atoms with Gasteiger partial charge in [0.25, 0.3) is 0 Å². The fourth-order valence-corrected chi connectivity index (χ4v) is 3.26. The number of esters is 1. The van der Waals surface area contributed by atoms with Gasteiger partial charge in [-0.2, -0.15) is 9.97 Å². The van der Waals surface area contributed by atoms with Gasteiger partial charge in [0.15, 0.2) is 11.2 Å².